The summed E-state index contributed by atoms with van der Waals surface area (Å²) in [5.74, 6) is 2.96. The number of ether oxygens (including phenoxy) is 1. The molecule has 0 fully saturated rings. The second-order valence-corrected chi connectivity index (χ2v) is 6.14. The van der Waals surface area contributed by atoms with Gasteiger partial charge in [0, 0.05) is 25.7 Å². The maximum atomic E-state index is 5.84. The third kappa shape index (κ3) is 9.30. The van der Waals surface area contributed by atoms with Gasteiger partial charge in [-0.1, -0.05) is 19.1 Å². The smallest absolute Gasteiger partial charge is 0.191 e. The van der Waals surface area contributed by atoms with Gasteiger partial charge < -0.3 is 15.4 Å². The topological polar surface area (TPSA) is 45.6 Å². The second kappa shape index (κ2) is 13.8. The van der Waals surface area contributed by atoms with Crippen LogP contribution < -0.4 is 15.4 Å². The maximum absolute atomic E-state index is 5.84. The summed E-state index contributed by atoms with van der Waals surface area (Å²) in [4.78, 5) is 4.26. The number of aryl methyl sites for hydroxylation is 1. The number of halogens is 1. The van der Waals surface area contributed by atoms with Crippen molar-refractivity contribution in [1.29, 1.82) is 0 Å². The van der Waals surface area contributed by atoms with Gasteiger partial charge in [-0.15, -0.1) is 24.0 Å². The maximum Gasteiger partial charge on any atom is 0.191 e. The molecule has 1 aromatic carbocycles. The van der Waals surface area contributed by atoms with Gasteiger partial charge in [-0.2, -0.15) is 11.8 Å². The van der Waals surface area contributed by atoms with E-state index >= 15 is 0 Å². The summed E-state index contributed by atoms with van der Waals surface area (Å²) in [5, 5.41) is 6.68. The highest BCUT2D eigenvalue weighted by Crippen LogP contribution is 2.20. The lowest BCUT2D eigenvalue weighted by Crippen LogP contribution is -2.37. The molecule has 0 saturated heterocycles. The molecule has 0 radical (unpaired) electrons. The van der Waals surface area contributed by atoms with Crippen LogP contribution >= 0.6 is 35.7 Å². The van der Waals surface area contributed by atoms with Crippen LogP contribution in [-0.4, -0.2) is 38.2 Å². The van der Waals surface area contributed by atoms with Crippen molar-refractivity contribution in [1.82, 2.24) is 10.6 Å². The van der Waals surface area contributed by atoms with Gasteiger partial charge >= 0.3 is 0 Å². The molecular weight excluding hydrogens is 421 g/mol. The number of guanidine groups is 1. The standard InChI is InChI=1S/C17H29N3OS.HI/c1-5-10-21-16-12-14(2)7-8-15(16)13-20-17(18-3)19-9-6-11-22-4;/h7-8,12H,5-6,9-11,13H2,1-4H3,(H2,18,19,20);1H. The van der Waals surface area contributed by atoms with Gasteiger partial charge in [-0.3, -0.25) is 4.99 Å². The van der Waals surface area contributed by atoms with E-state index in [1.54, 1.807) is 7.05 Å². The third-order valence-corrected chi connectivity index (χ3v) is 3.87. The Morgan fingerprint density at radius 3 is 2.74 bits per heavy atom. The number of thioether (sulfide) groups is 1. The lowest BCUT2D eigenvalue weighted by Gasteiger charge is -2.15. The van der Waals surface area contributed by atoms with E-state index in [2.05, 4.69) is 53.9 Å². The molecule has 0 amide bonds. The molecule has 0 spiro atoms. The first-order valence-corrected chi connectivity index (χ1v) is 9.26. The van der Waals surface area contributed by atoms with Crippen LogP contribution in [0.25, 0.3) is 0 Å². The first-order valence-electron chi connectivity index (χ1n) is 7.87. The number of rotatable bonds is 9. The van der Waals surface area contributed by atoms with E-state index in [-0.39, 0.29) is 24.0 Å². The summed E-state index contributed by atoms with van der Waals surface area (Å²) in [6.45, 7) is 6.60. The molecular formula is C17H30IN3OS. The van der Waals surface area contributed by atoms with Gasteiger partial charge in [0.05, 0.1) is 6.61 Å². The van der Waals surface area contributed by atoms with Gasteiger partial charge in [0.2, 0.25) is 0 Å². The molecule has 1 rings (SSSR count). The zero-order valence-electron chi connectivity index (χ0n) is 14.6. The first-order chi connectivity index (χ1) is 10.7. The van der Waals surface area contributed by atoms with Gasteiger partial charge in [0.1, 0.15) is 5.75 Å². The minimum atomic E-state index is 0. The summed E-state index contributed by atoms with van der Waals surface area (Å²) in [5.41, 5.74) is 2.38. The highest BCUT2D eigenvalue weighted by atomic mass is 127. The third-order valence-electron chi connectivity index (χ3n) is 3.17. The summed E-state index contributed by atoms with van der Waals surface area (Å²) in [7, 11) is 1.80. The number of hydrogen-bond acceptors (Lipinski definition) is 3. The van der Waals surface area contributed by atoms with E-state index in [4.69, 9.17) is 4.74 Å². The predicted octanol–water partition coefficient (Wildman–Crippen LogP) is 3.82. The summed E-state index contributed by atoms with van der Waals surface area (Å²) >= 11 is 1.87. The zero-order chi connectivity index (χ0) is 16.2. The van der Waals surface area contributed by atoms with E-state index in [1.807, 2.05) is 11.8 Å². The largest absolute Gasteiger partial charge is 0.493 e. The van der Waals surface area contributed by atoms with Gasteiger partial charge in [0.15, 0.2) is 5.96 Å². The van der Waals surface area contributed by atoms with Crippen molar-refractivity contribution in [3.8, 4) is 5.75 Å². The van der Waals surface area contributed by atoms with Crippen molar-refractivity contribution in [2.75, 3.05) is 32.2 Å². The average Bonchev–Trinajstić information content (AvgIpc) is 2.53. The molecule has 0 unspecified atom stereocenters. The zero-order valence-corrected chi connectivity index (χ0v) is 17.8. The number of nitrogens with one attached hydrogen (secondary N) is 2. The Labute approximate surface area is 162 Å². The Hall–Kier alpha value is -0.630. The first kappa shape index (κ1) is 22.4. The normalized spacial score (nSPS) is 10.9. The number of benzene rings is 1. The van der Waals surface area contributed by atoms with Crippen molar-refractivity contribution in [2.24, 2.45) is 4.99 Å². The molecule has 1 aromatic rings. The summed E-state index contributed by atoms with van der Waals surface area (Å²) < 4.78 is 5.84. The average molecular weight is 451 g/mol. The molecule has 0 aliphatic rings. The highest BCUT2D eigenvalue weighted by molar-refractivity contribution is 14.0. The molecule has 0 heterocycles. The second-order valence-electron chi connectivity index (χ2n) is 5.16. The van der Waals surface area contributed by atoms with Crippen molar-refractivity contribution in [3.63, 3.8) is 0 Å². The predicted molar refractivity (Wildman–Crippen MR) is 114 cm³/mol. The number of aliphatic imine (C=N–C) groups is 1. The molecule has 23 heavy (non-hydrogen) atoms. The fourth-order valence-corrected chi connectivity index (χ4v) is 2.41. The van der Waals surface area contributed by atoms with Crippen molar-refractivity contribution in [3.05, 3.63) is 29.3 Å². The fraction of sp³-hybridized carbons (Fsp3) is 0.588. The van der Waals surface area contributed by atoms with Crippen LogP contribution in [0.4, 0.5) is 0 Å². The fourth-order valence-electron chi connectivity index (χ4n) is 1.98. The van der Waals surface area contributed by atoms with Crippen LogP contribution in [0.5, 0.6) is 5.75 Å². The van der Waals surface area contributed by atoms with E-state index in [0.29, 0.717) is 6.54 Å². The molecule has 0 aromatic heterocycles. The Balaban J connectivity index is 0.00000484. The number of hydrogen-bond donors (Lipinski definition) is 2. The molecule has 0 bridgehead atoms. The molecule has 4 nitrogen and oxygen atoms in total. The molecule has 0 saturated carbocycles. The SMILES string of the molecule is CCCOc1cc(C)ccc1CNC(=NC)NCCCSC.I. The molecule has 132 valence electrons. The monoisotopic (exact) mass is 451 g/mol. The minimum absolute atomic E-state index is 0. The van der Waals surface area contributed by atoms with Crippen LogP contribution in [0.3, 0.4) is 0 Å². The molecule has 0 aliphatic heterocycles. The molecule has 0 aliphatic carbocycles. The lowest BCUT2D eigenvalue weighted by atomic mass is 10.1. The lowest BCUT2D eigenvalue weighted by molar-refractivity contribution is 0.313. The van der Waals surface area contributed by atoms with E-state index in [0.717, 1.165) is 49.0 Å². The Bertz CT molecular complexity index is 469. The van der Waals surface area contributed by atoms with Crippen molar-refractivity contribution in [2.45, 2.75) is 33.2 Å². The minimum Gasteiger partial charge on any atom is -0.493 e. The summed E-state index contributed by atoms with van der Waals surface area (Å²) in [6, 6.07) is 6.33. The van der Waals surface area contributed by atoms with E-state index in [1.165, 1.54) is 5.56 Å². The van der Waals surface area contributed by atoms with Crippen LogP contribution in [0, 0.1) is 6.92 Å². The molecule has 2 N–H and O–H groups in total. The quantitative estimate of drug-likeness (QED) is 0.259. The van der Waals surface area contributed by atoms with Crippen LogP contribution in [0.1, 0.15) is 30.9 Å². The van der Waals surface area contributed by atoms with Crippen molar-refractivity contribution < 1.29 is 4.74 Å². The van der Waals surface area contributed by atoms with Gasteiger partial charge in [0.25, 0.3) is 0 Å². The molecule has 6 heteroatoms. The van der Waals surface area contributed by atoms with Crippen LogP contribution in [0.2, 0.25) is 0 Å². The van der Waals surface area contributed by atoms with Gasteiger partial charge in [-0.05, 0) is 43.4 Å². The van der Waals surface area contributed by atoms with E-state index < -0.39 is 0 Å². The number of nitrogens with zero attached hydrogens (tertiary/aromatic N) is 1. The summed E-state index contributed by atoms with van der Waals surface area (Å²) in [6.07, 6.45) is 4.28. The Morgan fingerprint density at radius 2 is 2.09 bits per heavy atom. The van der Waals surface area contributed by atoms with Crippen molar-refractivity contribution >= 4 is 41.7 Å². The Kier molecular flexibility index (Phi) is 13.4. The Morgan fingerprint density at radius 1 is 1.30 bits per heavy atom. The van der Waals surface area contributed by atoms with Crippen LogP contribution in [0.15, 0.2) is 23.2 Å². The van der Waals surface area contributed by atoms with Gasteiger partial charge in [-0.25, -0.2) is 0 Å². The highest BCUT2D eigenvalue weighted by Gasteiger charge is 2.05. The van der Waals surface area contributed by atoms with Crippen LogP contribution in [-0.2, 0) is 6.54 Å². The van der Waals surface area contributed by atoms with E-state index in [9.17, 15) is 0 Å². The molecule has 0 atom stereocenters.